The molecule has 9 heavy (non-hydrogen) atoms. The van der Waals surface area contributed by atoms with E-state index in [1.807, 2.05) is 0 Å². The van der Waals surface area contributed by atoms with E-state index in [1.165, 1.54) is 0 Å². The first-order chi connectivity index (χ1) is 2.83. The van der Waals surface area contributed by atoms with Crippen LogP contribution in [0.5, 0.6) is 0 Å². The molecule has 0 atom stereocenters. The van der Waals surface area contributed by atoms with E-state index in [1.54, 1.807) is 0 Å². The van der Waals surface area contributed by atoms with Gasteiger partial charge in [0.15, 0.2) is 0 Å². The standard InChI is InChI=1S/8ClH.Ta/h8*1H;/q;;;;;;;;+8/p-8. The molecule has 0 aromatic rings. The maximum absolute atomic E-state index is 7.64. The molecule has 0 saturated carbocycles. The van der Waals surface area contributed by atoms with Gasteiger partial charge in [-0.3, -0.25) is 0 Å². The third kappa shape index (κ3) is 96.9. The molecule has 0 spiro atoms. The topological polar surface area (TPSA) is 0 Å². The minimum absolute atomic E-state index is 5.09. The van der Waals surface area contributed by atoms with E-state index in [0.717, 1.165) is 0 Å². The third-order valence-electron chi connectivity index (χ3n) is 0. The Kier molecular flexibility index (Phi) is 1.55. The van der Waals surface area contributed by atoms with E-state index in [9.17, 15) is 0 Å². The Hall–Kier alpha value is 3.06. The first-order valence-corrected chi connectivity index (χ1v) is 33.2. The van der Waals surface area contributed by atoms with Crippen molar-refractivity contribution in [2.45, 2.75) is 0 Å². The van der Waals surface area contributed by atoms with Crippen LogP contribution in [-0.2, 0) is 3.23 Å². The molecule has 0 aliphatic carbocycles. The van der Waals surface area contributed by atoms with Gasteiger partial charge in [-0.2, -0.15) is 0 Å². The summed E-state index contributed by atoms with van der Waals surface area (Å²) >= 11 is 0. The molecule has 0 N–H and O–H groups in total. The van der Waals surface area contributed by atoms with Gasteiger partial charge < -0.3 is 0 Å². The van der Waals surface area contributed by atoms with Gasteiger partial charge in [0.25, 0.3) is 0 Å². The number of hydrogen-bond donors (Lipinski definition) is 0. The van der Waals surface area contributed by atoms with Gasteiger partial charge in [-0.05, 0) is 0 Å². The van der Waals surface area contributed by atoms with E-state index in [4.69, 9.17) is 73.5 Å². The Labute approximate surface area is 75.3 Å². The van der Waals surface area contributed by atoms with Crippen LogP contribution in [0.3, 0.4) is 0 Å². The number of halogens is 8. The van der Waals surface area contributed by atoms with Crippen molar-refractivity contribution in [2.24, 2.45) is 0 Å². The summed E-state index contributed by atoms with van der Waals surface area (Å²) in [6, 6.07) is 0. The predicted molar refractivity (Wildman–Crippen MR) is 46.8 cm³/mol. The van der Waals surface area contributed by atoms with Crippen LogP contribution in [0.2, 0.25) is 0 Å². The van der Waals surface area contributed by atoms with Gasteiger partial charge in [-0.25, -0.2) is 0 Å². The summed E-state index contributed by atoms with van der Waals surface area (Å²) in [5.74, 6) is 0. The molecule has 0 aliphatic heterocycles. The SMILES string of the molecule is [Cl][Ta]([Cl])([Cl])([Cl])([Cl])([Cl])([Cl])[Cl]. The zero-order valence-corrected chi connectivity index (χ0v) is 12.7. The van der Waals surface area contributed by atoms with Crippen LogP contribution >= 0.6 is 73.5 Å². The fourth-order valence-corrected chi connectivity index (χ4v) is 0. The van der Waals surface area contributed by atoms with E-state index >= 15 is 0 Å². The molecule has 0 amide bonds. The molecule has 0 heterocycles. The van der Waals surface area contributed by atoms with Crippen LogP contribution in [-0.4, -0.2) is 0 Å². The molecule has 61 valence electrons. The van der Waals surface area contributed by atoms with Crippen molar-refractivity contribution >= 4 is 73.5 Å². The summed E-state index contributed by atoms with van der Waals surface area (Å²) in [6.07, 6.45) is 0. The van der Waals surface area contributed by atoms with Crippen LogP contribution in [0.1, 0.15) is 0 Å². The zero-order chi connectivity index (χ0) is 8.35. The summed E-state index contributed by atoms with van der Waals surface area (Å²) in [7, 11) is 40.7. The van der Waals surface area contributed by atoms with Crippen LogP contribution in [0.25, 0.3) is 0 Å². The molecule has 9 heteroatoms. The second kappa shape index (κ2) is 1.16. The summed E-state index contributed by atoms with van der Waals surface area (Å²) in [5.41, 5.74) is 0. The summed E-state index contributed by atoms with van der Waals surface area (Å²) < 4.78 is -7.64. The second-order valence-electron chi connectivity index (χ2n) is 1.79. The molecule has 0 saturated heterocycles. The van der Waals surface area contributed by atoms with Crippen LogP contribution < -0.4 is 0 Å². The molecule has 0 aliphatic rings. The van der Waals surface area contributed by atoms with Crippen molar-refractivity contribution in [3.05, 3.63) is 0 Å². The molecule has 0 unspecified atom stereocenters. The van der Waals surface area contributed by atoms with Gasteiger partial charge in [-0.15, -0.1) is 0 Å². The first-order valence-electron chi connectivity index (χ1n) is 1.35. The quantitative estimate of drug-likeness (QED) is 0.443. The van der Waals surface area contributed by atoms with E-state index < -0.39 is 3.23 Å². The molecule has 0 fully saturated rings. The number of hydrogen-bond acceptors (Lipinski definition) is 0. The molecule has 0 aromatic heterocycles. The molecule has 0 rings (SSSR count). The molecule has 0 aromatic carbocycles. The molecule has 0 nitrogen and oxygen atoms in total. The molecule has 0 bridgehead atoms. The first kappa shape index (κ1) is 12.1. The average Bonchev–Trinajstić information content (AvgIpc) is 0.503. The Morgan fingerprint density at radius 1 is 0.444 bits per heavy atom. The Balaban J connectivity index is 5.84. The van der Waals surface area contributed by atoms with Crippen molar-refractivity contribution in [1.82, 2.24) is 0 Å². The summed E-state index contributed by atoms with van der Waals surface area (Å²) in [5, 5.41) is 0. The normalized spacial score (nSPS) is 31.1. The predicted octanol–water partition coefficient (Wildman–Crippen LogP) is 5.51. The van der Waals surface area contributed by atoms with Gasteiger partial charge in [0, 0.05) is 0 Å². The monoisotopic (exact) mass is 461 g/mol. The van der Waals surface area contributed by atoms with Crippen LogP contribution in [0, 0.1) is 0 Å². The van der Waals surface area contributed by atoms with Gasteiger partial charge in [0.2, 0.25) is 0 Å². The van der Waals surface area contributed by atoms with Crippen LogP contribution in [0.4, 0.5) is 0 Å². The summed E-state index contributed by atoms with van der Waals surface area (Å²) in [4.78, 5) is 0. The van der Waals surface area contributed by atoms with Gasteiger partial charge >= 0.3 is 76.7 Å². The van der Waals surface area contributed by atoms with Gasteiger partial charge in [0.05, 0.1) is 0 Å². The fourth-order valence-electron chi connectivity index (χ4n) is 0. The Morgan fingerprint density at radius 2 is 0.444 bits per heavy atom. The van der Waals surface area contributed by atoms with Crippen molar-refractivity contribution in [1.29, 1.82) is 0 Å². The minimum atomic E-state index is -7.64. The Morgan fingerprint density at radius 3 is 0.444 bits per heavy atom. The summed E-state index contributed by atoms with van der Waals surface area (Å²) in [6.45, 7) is 0. The van der Waals surface area contributed by atoms with Crippen molar-refractivity contribution in [3.8, 4) is 0 Å². The van der Waals surface area contributed by atoms with E-state index in [0.29, 0.717) is 0 Å². The fraction of sp³-hybridized carbons (Fsp3) is 0. The van der Waals surface area contributed by atoms with Gasteiger partial charge in [0.1, 0.15) is 0 Å². The molecular weight excluding hydrogens is 465 g/mol. The average molecular weight is 465 g/mol. The second-order valence-corrected chi connectivity index (χ2v) is 132. The Bertz CT molecular complexity index is 139. The van der Waals surface area contributed by atoms with Crippen molar-refractivity contribution < 1.29 is 3.23 Å². The van der Waals surface area contributed by atoms with Crippen molar-refractivity contribution in [3.63, 3.8) is 0 Å². The van der Waals surface area contributed by atoms with Gasteiger partial charge in [-0.1, -0.05) is 0 Å². The van der Waals surface area contributed by atoms with Crippen LogP contribution in [0.15, 0.2) is 0 Å². The molecular formula is Cl8Ta. The maximum atomic E-state index is 5.09. The van der Waals surface area contributed by atoms with Crippen molar-refractivity contribution in [2.75, 3.05) is 0 Å². The molecule has 0 radical (unpaired) electrons. The zero-order valence-electron chi connectivity index (χ0n) is 3.47. The third-order valence-corrected chi connectivity index (χ3v) is 0. The number of rotatable bonds is 0. The van der Waals surface area contributed by atoms with E-state index in [-0.39, 0.29) is 0 Å². The van der Waals surface area contributed by atoms with E-state index in [2.05, 4.69) is 0 Å².